The monoisotopic (exact) mass is 242 g/mol. The van der Waals surface area contributed by atoms with Crippen LogP contribution in [0.3, 0.4) is 0 Å². The molecule has 1 aliphatic rings. The number of methoxy groups -OCH3 is 1. The summed E-state index contributed by atoms with van der Waals surface area (Å²) in [6, 6.07) is 1.21. The van der Waals surface area contributed by atoms with Crippen LogP contribution in [-0.4, -0.2) is 43.3 Å². The minimum absolute atomic E-state index is 0.0372. The summed E-state index contributed by atoms with van der Waals surface area (Å²) >= 11 is 0. The van der Waals surface area contributed by atoms with Crippen molar-refractivity contribution in [2.45, 2.75) is 64.1 Å². The largest absolute Gasteiger partial charge is 0.379 e. The predicted octanol–water partition coefficient (Wildman–Crippen LogP) is 2.25. The fourth-order valence-corrected chi connectivity index (χ4v) is 3.09. The number of hydrogen-bond acceptors (Lipinski definition) is 3. The molecule has 0 aromatic heterocycles. The van der Waals surface area contributed by atoms with Gasteiger partial charge in [0.05, 0.1) is 5.60 Å². The van der Waals surface area contributed by atoms with E-state index in [1.807, 2.05) is 0 Å². The Labute approximate surface area is 107 Å². The van der Waals surface area contributed by atoms with Crippen LogP contribution in [0.4, 0.5) is 0 Å². The van der Waals surface area contributed by atoms with Gasteiger partial charge in [0.1, 0.15) is 0 Å². The normalized spacial score (nSPS) is 27.7. The Morgan fingerprint density at radius 1 is 1.41 bits per heavy atom. The number of nitrogens with zero attached hydrogens (tertiary/aromatic N) is 1. The molecule has 2 N–H and O–H groups in total. The van der Waals surface area contributed by atoms with Crippen molar-refractivity contribution in [2.24, 2.45) is 11.7 Å². The van der Waals surface area contributed by atoms with Crippen LogP contribution in [0.5, 0.6) is 0 Å². The van der Waals surface area contributed by atoms with Gasteiger partial charge >= 0.3 is 0 Å². The minimum Gasteiger partial charge on any atom is -0.379 e. The maximum absolute atomic E-state index is 5.86. The van der Waals surface area contributed by atoms with E-state index in [9.17, 15) is 0 Å². The van der Waals surface area contributed by atoms with Gasteiger partial charge in [0.25, 0.3) is 0 Å². The van der Waals surface area contributed by atoms with Gasteiger partial charge in [-0.3, -0.25) is 0 Å². The lowest BCUT2D eigenvalue weighted by Crippen LogP contribution is -2.45. The summed E-state index contributed by atoms with van der Waals surface area (Å²) in [6.45, 7) is 7.45. The molecule has 0 spiro atoms. The first kappa shape index (κ1) is 14.9. The highest BCUT2D eigenvalue weighted by molar-refractivity contribution is 4.88. The van der Waals surface area contributed by atoms with Crippen LogP contribution in [0, 0.1) is 5.92 Å². The maximum Gasteiger partial charge on any atom is 0.0637 e. The van der Waals surface area contributed by atoms with Gasteiger partial charge in [0.15, 0.2) is 0 Å². The van der Waals surface area contributed by atoms with E-state index < -0.39 is 0 Å². The van der Waals surface area contributed by atoms with E-state index in [0.29, 0.717) is 18.0 Å². The molecule has 0 heterocycles. The molecule has 1 saturated carbocycles. The maximum atomic E-state index is 5.86. The molecule has 3 nitrogen and oxygen atoms in total. The van der Waals surface area contributed by atoms with Gasteiger partial charge in [-0.25, -0.2) is 0 Å². The average Bonchev–Trinajstić information content (AvgIpc) is 2.75. The van der Waals surface area contributed by atoms with Crippen LogP contribution in [0.25, 0.3) is 0 Å². The Kier molecular flexibility index (Phi) is 5.42. The van der Waals surface area contributed by atoms with Crippen molar-refractivity contribution in [1.29, 1.82) is 0 Å². The molecule has 102 valence electrons. The van der Waals surface area contributed by atoms with E-state index >= 15 is 0 Å². The highest BCUT2D eigenvalue weighted by atomic mass is 16.5. The van der Waals surface area contributed by atoms with Crippen molar-refractivity contribution in [2.75, 3.05) is 20.7 Å². The van der Waals surface area contributed by atoms with Gasteiger partial charge in [0, 0.05) is 19.2 Å². The van der Waals surface area contributed by atoms with Crippen LogP contribution < -0.4 is 5.73 Å². The Hall–Kier alpha value is -0.120. The van der Waals surface area contributed by atoms with Gasteiger partial charge in [-0.05, 0) is 59.5 Å². The molecule has 0 aliphatic heterocycles. The fraction of sp³-hybridized carbons (Fsp3) is 1.00. The van der Waals surface area contributed by atoms with Crippen LogP contribution in [0.1, 0.15) is 46.5 Å². The second-order valence-corrected chi connectivity index (χ2v) is 6.18. The van der Waals surface area contributed by atoms with Gasteiger partial charge in [0.2, 0.25) is 0 Å². The molecular weight excluding hydrogens is 212 g/mol. The Bertz CT molecular complexity index is 230. The number of ether oxygens (including phenoxy) is 1. The molecule has 3 atom stereocenters. The first-order valence-electron chi connectivity index (χ1n) is 6.88. The molecule has 1 aliphatic carbocycles. The Balaban J connectivity index is 2.54. The van der Waals surface area contributed by atoms with Crippen molar-refractivity contribution in [1.82, 2.24) is 4.90 Å². The van der Waals surface area contributed by atoms with E-state index in [1.54, 1.807) is 7.11 Å². The molecule has 0 aromatic carbocycles. The van der Waals surface area contributed by atoms with Crippen molar-refractivity contribution in [3.63, 3.8) is 0 Å². The number of hydrogen-bond donors (Lipinski definition) is 1. The van der Waals surface area contributed by atoms with Gasteiger partial charge in [-0.1, -0.05) is 6.42 Å². The Morgan fingerprint density at radius 2 is 2.06 bits per heavy atom. The standard InChI is InChI=1S/C14H30N2O/c1-11(9-14(2,3)17-5)16(4)13-8-6-7-12(13)10-15/h11-13H,6-10,15H2,1-5H3. The summed E-state index contributed by atoms with van der Waals surface area (Å²) in [5.74, 6) is 0.688. The van der Waals surface area contributed by atoms with Crippen molar-refractivity contribution >= 4 is 0 Å². The highest BCUT2D eigenvalue weighted by Crippen LogP contribution is 2.31. The van der Waals surface area contributed by atoms with Crippen LogP contribution in [0.15, 0.2) is 0 Å². The summed E-state index contributed by atoms with van der Waals surface area (Å²) in [7, 11) is 4.04. The fourth-order valence-electron chi connectivity index (χ4n) is 3.09. The minimum atomic E-state index is -0.0372. The molecule has 0 amide bonds. The van der Waals surface area contributed by atoms with E-state index in [2.05, 4.69) is 32.7 Å². The van der Waals surface area contributed by atoms with Gasteiger partial charge in [-0.15, -0.1) is 0 Å². The van der Waals surface area contributed by atoms with Crippen molar-refractivity contribution in [3.05, 3.63) is 0 Å². The zero-order chi connectivity index (χ0) is 13.1. The lowest BCUT2D eigenvalue weighted by atomic mass is 9.95. The van der Waals surface area contributed by atoms with Gasteiger partial charge < -0.3 is 15.4 Å². The van der Waals surface area contributed by atoms with E-state index in [4.69, 9.17) is 10.5 Å². The molecule has 0 saturated heterocycles. The molecular formula is C14H30N2O. The summed E-state index contributed by atoms with van der Waals surface area (Å²) in [5.41, 5.74) is 5.83. The summed E-state index contributed by atoms with van der Waals surface area (Å²) in [5, 5.41) is 0. The summed E-state index contributed by atoms with van der Waals surface area (Å²) in [4.78, 5) is 2.52. The smallest absolute Gasteiger partial charge is 0.0637 e. The molecule has 3 unspecified atom stereocenters. The molecule has 0 aromatic rings. The topological polar surface area (TPSA) is 38.5 Å². The van der Waals surface area contributed by atoms with Gasteiger partial charge in [-0.2, -0.15) is 0 Å². The molecule has 1 rings (SSSR count). The van der Waals surface area contributed by atoms with Crippen LogP contribution in [-0.2, 0) is 4.74 Å². The van der Waals surface area contributed by atoms with E-state index in [-0.39, 0.29) is 5.60 Å². The third kappa shape index (κ3) is 3.94. The molecule has 3 heteroatoms. The third-order valence-corrected chi connectivity index (χ3v) is 4.48. The second kappa shape index (κ2) is 6.17. The first-order chi connectivity index (χ1) is 7.91. The summed E-state index contributed by atoms with van der Waals surface area (Å²) in [6.07, 6.45) is 4.99. The number of rotatable bonds is 6. The quantitative estimate of drug-likeness (QED) is 0.776. The third-order valence-electron chi connectivity index (χ3n) is 4.48. The van der Waals surface area contributed by atoms with Crippen LogP contribution >= 0.6 is 0 Å². The Morgan fingerprint density at radius 3 is 2.59 bits per heavy atom. The first-order valence-corrected chi connectivity index (χ1v) is 6.88. The highest BCUT2D eigenvalue weighted by Gasteiger charge is 2.33. The second-order valence-electron chi connectivity index (χ2n) is 6.18. The average molecular weight is 242 g/mol. The zero-order valence-corrected chi connectivity index (χ0v) is 12.2. The zero-order valence-electron chi connectivity index (χ0n) is 12.2. The molecule has 0 bridgehead atoms. The molecule has 17 heavy (non-hydrogen) atoms. The lowest BCUT2D eigenvalue weighted by Gasteiger charge is -2.37. The van der Waals surface area contributed by atoms with Crippen LogP contribution in [0.2, 0.25) is 0 Å². The predicted molar refractivity (Wildman–Crippen MR) is 73.1 cm³/mol. The number of nitrogens with two attached hydrogens (primary N) is 1. The van der Waals surface area contributed by atoms with Crippen molar-refractivity contribution < 1.29 is 4.74 Å². The van der Waals surface area contributed by atoms with E-state index in [0.717, 1.165) is 13.0 Å². The summed E-state index contributed by atoms with van der Waals surface area (Å²) < 4.78 is 5.52. The molecule has 1 fully saturated rings. The van der Waals surface area contributed by atoms with Crippen molar-refractivity contribution in [3.8, 4) is 0 Å². The lowest BCUT2D eigenvalue weighted by molar-refractivity contribution is -0.0101. The molecule has 0 radical (unpaired) electrons. The van der Waals surface area contributed by atoms with E-state index in [1.165, 1.54) is 19.3 Å². The SMILES string of the molecule is COC(C)(C)CC(C)N(C)C1CCCC1CN.